The van der Waals surface area contributed by atoms with E-state index in [9.17, 15) is 29.3 Å². The van der Waals surface area contributed by atoms with Crippen LogP contribution in [0.3, 0.4) is 0 Å². The Labute approximate surface area is 381 Å². The van der Waals surface area contributed by atoms with Crippen LogP contribution in [0.4, 0.5) is 62.6 Å². The number of non-ortho nitro benzene ring substituents is 1. The summed E-state index contributed by atoms with van der Waals surface area (Å²) in [5.41, 5.74) is 35.6. The molecule has 0 saturated heterocycles. The third-order valence-electron chi connectivity index (χ3n) is 8.83. The van der Waals surface area contributed by atoms with Gasteiger partial charge in [-0.1, -0.05) is 18.2 Å². The Kier molecular flexibility index (Phi) is 18.1. The summed E-state index contributed by atoms with van der Waals surface area (Å²) >= 11 is 0. The maximum Gasteiger partial charge on any atom is 0.270 e. The fraction of sp³-hybridized carbons (Fsp3) is 0.0612. The van der Waals surface area contributed by atoms with Gasteiger partial charge in [-0.2, -0.15) is 0 Å². The first-order chi connectivity index (χ1) is 31.4. The second-order valence-electron chi connectivity index (χ2n) is 14.4. The number of hydrogen-bond acceptors (Lipinski definition) is 12. The molecule has 66 heavy (non-hydrogen) atoms. The zero-order chi connectivity index (χ0) is 48.2. The molecule has 0 saturated carbocycles. The lowest BCUT2D eigenvalue weighted by molar-refractivity contribution is -0.384. The molecule has 0 heterocycles. The number of carbonyl (C=O) groups is 4. The zero-order valence-electron chi connectivity index (χ0n) is 36.4. The van der Waals surface area contributed by atoms with E-state index in [2.05, 4.69) is 21.3 Å². The summed E-state index contributed by atoms with van der Waals surface area (Å²) in [5, 5.41) is 21.5. The van der Waals surface area contributed by atoms with Gasteiger partial charge in [0, 0.05) is 107 Å². The first-order valence-corrected chi connectivity index (χ1v) is 20.0. The molecule has 0 aliphatic rings. The highest BCUT2D eigenvalue weighted by Crippen LogP contribution is 2.19. The number of anilines is 10. The maximum absolute atomic E-state index is 12.1. The topological polar surface area (TPSA) is 293 Å². The lowest BCUT2D eigenvalue weighted by Crippen LogP contribution is -2.14. The normalized spacial score (nSPS) is 9.80. The molecule has 7 rings (SSSR count). The van der Waals surface area contributed by atoms with Gasteiger partial charge in [0.15, 0.2) is 0 Å². The molecular formula is C49H51N11O6. The molecule has 0 unspecified atom stereocenters. The second kappa shape index (κ2) is 24.3. The van der Waals surface area contributed by atoms with Crippen molar-refractivity contribution in [2.75, 3.05) is 68.9 Å². The van der Waals surface area contributed by atoms with E-state index in [1.807, 2.05) is 37.2 Å². The molecule has 17 nitrogen and oxygen atoms in total. The molecule has 0 aromatic heterocycles. The van der Waals surface area contributed by atoms with E-state index < -0.39 is 10.8 Å². The van der Waals surface area contributed by atoms with Crippen molar-refractivity contribution in [3.8, 4) is 0 Å². The number of nitrogens with zero attached hydrogens (tertiary/aromatic N) is 2. The Morgan fingerprint density at radius 2 is 0.773 bits per heavy atom. The van der Waals surface area contributed by atoms with Crippen molar-refractivity contribution in [3.05, 3.63) is 197 Å². The van der Waals surface area contributed by atoms with Crippen LogP contribution < -0.4 is 54.8 Å². The number of nitro benzene ring substituents is 1. The lowest BCUT2D eigenvalue weighted by atomic mass is 10.1. The zero-order valence-corrected chi connectivity index (χ0v) is 36.4. The SMILES string of the molecule is CC(=O)Nc1cccc(C(=O)Nc2ccc(N)cc2)c1.CN(C)c1cccc(C(=O)Nc2ccc(N)cc2)c1.Nc1ccc(N)cc1.Nc1ccc(NC(=O)c2cccc([N+](=O)[O-])c2)cc1. The molecule has 0 spiro atoms. The van der Waals surface area contributed by atoms with Crippen LogP contribution in [-0.2, 0) is 4.79 Å². The fourth-order valence-corrected chi connectivity index (χ4v) is 5.43. The van der Waals surface area contributed by atoms with Crippen LogP contribution in [-0.4, -0.2) is 42.6 Å². The number of carbonyl (C=O) groups excluding carboxylic acids is 4. The highest BCUT2D eigenvalue weighted by atomic mass is 16.6. The van der Waals surface area contributed by atoms with E-state index in [1.165, 1.54) is 31.2 Å². The quantitative estimate of drug-likeness (QED) is 0.0375. The number of hydrogen-bond donors (Lipinski definition) is 9. The molecule has 0 bridgehead atoms. The number of nitro groups is 1. The minimum atomic E-state index is -0.542. The Hall–Kier alpha value is -9.38. The molecule has 14 N–H and O–H groups in total. The van der Waals surface area contributed by atoms with Crippen molar-refractivity contribution in [3.63, 3.8) is 0 Å². The molecule has 7 aromatic rings. The van der Waals surface area contributed by atoms with Gasteiger partial charge in [0.25, 0.3) is 23.4 Å². The smallest absolute Gasteiger partial charge is 0.270 e. The van der Waals surface area contributed by atoms with Gasteiger partial charge in [-0.05, 0) is 140 Å². The van der Waals surface area contributed by atoms with Crippen molar-refractivity contribution >= 4 is 86.2 Å². The Morgan fingerprint density at radius 3 is 1.14 bits per heavy atom. The lowest BCUT2D eigenvalue weighted by Gasteiger charge is -2.13. The molecule has 0 atom stereocenters. The van der Waals surface area contributed by atoms with Crippen LogP contribution in [0.1, 0.15) is 38.0 Å². The molecule has 7 aromatic carbocycles. The Bertz CT molecular complexity index is 2710. The molecule has 0 aliphatic carbocycles. The third-order valence-corrected chi connectivity index (χ3v) is 8.83. The molecule has 0 fully saturated rings. The summed E-state index contributed by atoms with van der Waals surface area (Å²) in [6.07, 6.45) is 0. The van der Waals surface area contributed by atoms with Crippen molar-refractivity contribution < 1.29 is 24.1 Å². The minimum Gasteiger partial charge on any atom is -0.399 e. The van der Waals surface area contributed by atoms with E-state index in [4.69, 9.17) is 28.7 Å². The van der Waals surface area contributed by atoms with Crippen molar-refractivity contribution in [1.82, 2.24) is 0 Å². The fourth-order valence-electron chi connectivity index (χ4n) is 5.43. The van der Waals surface area contributed by atoms with Crippen LogP contribution in [0.2, 0.25) is 0 Å². The van der Waals surface area contributed by atoms with E-state index >= 15 is 0 Å². The van der Waals surface area contributed by atoms with Gasteiger partial charge in [0.1, 0.15) is 0 Å². The van der Waals surface area contributed by atoms with Gasteiger partial charge < -0.3 is 54.8 Å². The van der Waals surface area contributed by atoms with Gasteiger partial charge in [-0.25, -0.2) is 0 Å². The molecule has 0 radical (unpaired) electrons. The van der Waals surface area contributed by atoms with Crippen LogP contribution in [0.5, 0.6) is 0 Å². The van der Waals surface area contributed by atoms with Gasteiger partial charge in [0.2, 0.25) is 5.91 Å². The minimum absolute atomic E-state index is 0.120. The predicted octanol–water partition coefficient (Wildman–Crippen LogP) is 8.35. The Balaban J connectivity index is 0.000000199. The third kappa shape index (κ3) is 16.8. The summed E-state index contributed by atoms with van der Waals surface area (Å²) in [7, 11) is 3.88. The molecule has 0 aliphatic heterocycles. The van der Waals surface area contributed by atoms with E-state index in [-0.39, 0.29) is 29.0 Å². The van der Waals surface area contributed by atoms with E-state index in [0.29, 0.717) is 45.3 Å². The number of benzene rings is 7. The summed E-state index contributed by atoms with van der Waals surface area (Å²) in [4.78, 5) is 59.1. The van der Waals surface area contributed by atoms with Gasteiger partial charge in [0.05, 0.1) is 4.92 Å². The molecular weight excluding hydrogens is 839 g/mol. The van der Waals surface area contributed by atoms with Crippen molar-refractivity contribution in [2.24, 2.45) is 0 Å². The van der Waals surface area contributed by atoms with Crippen LogP contribution in [0.25, 0.3) is 0 Å². The molecule has 4 amide bonds. The number of nitrogen functional groups attached to an aromatic ring is 5. The number of nitrogens with two attached hydrogens (primary N) is 5. The summed E-state index contributed by atoms with van der Waals surface area (Å²) in [5.74, 6) is -0.968. The maximum atomic E-state index is 12.1. The average Bonchev–Trinajstić information content (AvgIpc) is 3.30. The largest absolute Gasteiger partial charge is 0.399 e. The monoisotopic (exact) mass is 889 g/mol. The van der Waals surface area contributed by atoms with Gasteiger partial charge >= 0.3 is 0 Å². The summed E-state index contributed by atoms with van der Waals surface area (Å²) < 4.78 is 0. The second-order valence-corrected chi connectivity index (χ2v) is 14.4. The number of nitrogens with one attached hydrogen (secondary N) is 4. The number of rotatable bonds is 9. The highest BCUT2D eigenvalue weighted by Gasteiger charge is 2.12. The first kappa shape index (κ1) is 49.3. The van der Waals surface area contributed by atoms with Crippen LogP contribution in [0.15, 0.2) is 170 Å². The van der Waals surface area contributed by atoms with E-state index in [1.54, 1.807) is 127 Å². The molecule has 338 valence electrons. The number of amides is 4. The van der Waals surface area contributed by atoms with Crippen LogP contribution in [0, 0.1) is 10.1 Å². The predicted molar refractivity (Wildman–Crippen MR) is 266 cm³/mol. The average molecular weight is 890 g/mol. The molecule has 17 heteroatoms. The van der Waals surface area contributed by atoms with E-state index in [0.717, 1.165) is 22.7 Å². The summed E-state index contributed by atoms with van der Waals surface area (Å²) in [6, 6.07) is 47.4. The van der Waals surface area contributed by atoms with Gasteiger partial charge in [-0.3, -0.25) is 29.3 Å². The van der Waals surface area contributed by atoms with Crippen LogP contribution >= 0.6 is 0 Å². The van der Waals surface area contributed by atoms with Crippen molar-refractivity contribution in [1.29, 1.82) is 0 Å². The summed E-state index contributed by atoms with van der Waals surface area (Å²) in [6.45, 7) is 1.42. The highest BCUT2D eigenvalue weighted by molar-refractivity contribution is 6.06. The first-order valence-electron chi connectivity index (χ1n) is 20.0. The Morgan fingerprint density at radius 1 is 0.439 bits per heavy atom. The van der Waals surface area contributed by atoms with Crippen molar-refractivity contribution in [2.45, 2.75) is 6.92 Å². The standard InChI is InChI=1S/C15H15N3O2.C15H17N3O.C13H11N3O3.C6H8N2/c1-10(19)17-14-4-2-3-11(9-14)15(20)18-13-7-5-12(16)6-8-13;1-18(2)14-5-3-4-11(10-14)15(19)17-13-8-6-12(16)7-9-13;14-10-4-6-11(7-5-10)15-13(17)9-2-1-3-12(8-9)16(18)19;7-5-1-2-6(8)4-3-5/h2-9H,16H2,1H3,(H,17,19)(H,18,20);3-10H,16H2,1-2H3,(H,17,19);1-8H,14H2,(H,15,17);1-4H,7-8H2. The van der Waals surface area contributed by atoms with Gasteiger partial charge in [-0.15, -0.1) is 0 Å².